The number of piperidine rings is 1. The van der Waals surface area contributed by atoms with Crippen molar-refractivity contribution in [2.45, 2.75) is 25.7 Å². The Balaban J connectivity index is 1.60. The Labute approximate surface area is 184 Å². The van der Waals surface area contributed by atoms with E-state index in [0.29, 0.717) is 34.6 Å². The lowest BCUT2D eigenvalue weighted by Crippen LogP contribution is -2.38. The summed E-state index contributed by atoms with van der Waals surface area (Å²) in [6.07, 6.45) is 3.57. The van der Waals surface area contributed by atoms with Crippen LogP contribution < -0.4 is 4.90 Å². The topological polar surface area (TPSA) is 75.1 Å². The Bertz CT molecular complexity index is 1060. The fraction of sp³-hybridized carbons (Fsp3) is 0.381. The van der Waals surface area contributed by atoms with Crippen LogP contribution in [0.5, 0.6) is 0 Å². The van der Waals surface area contributed by atoms with Crippen LogP contribution in [0.1, 0.15) is 39.8 Å². The highest BCUT2D eigenvalue weighted by atomic mass is 35.5. The minimum absolute atomic E-state index is 0.0210. The summed E-state index contributed by atoms with van der Waals surface area (Å²) < 4.78 is 3.89. The van der Waals surface area contributed by atoms with E-state index in [9.17, 15) is 4.79 Å². The molecule has 156 valence electrons. The van der Waals surface area contributed by atoms with Gasteiger partial charge in [-0.1, -0.05) is 28.2 Å². The molecule has 0 unspecified atom stereocenters. The van der Waals surface area contributed by atoms with E-state index in [4.69, 9.17) is 16.6 Å². The lowest BCUT2D eigenvalue weighted by Gasteiger charge is -2.32. The van der Waals surface area contributed by atoms with Gasteiger partial charge in [-0.2, -0.15) is 0 Å². The second-order valence-corrected chi connectivity index (χ2v) is 8.82. The Morgan fingerprint density at radius 1 is 1.27 bits per heavy atom. The number of likely N-dealkylation sites (tertiary alicyclic amines) is 1. The second-order valence-electron chi connectivity index (χ2n) is 7.63. The molecule has 0 atom stereocenters. The van der Waals surface area contributed by atoms with Gasteiger partial charge in [-0.25, -0.2) is 9.97 Å². The number of carbonyl (C=O) groups is 1. The lowest BCUT2D eigenvalue weighted by molar-refractivity contribution is 0.0716. The zero-order valence-corrected chi connectivity index (χ0v) is 18.7. The Morgan fingerprint density at radius 3 is 2.67 bits per heavy atom. The highest BCUT2D eigenvalue weighted by molar-refractivity contribution is 7.07. The predicted molar refractivity (Wildman–Crippen MR) is 119 cm³/mol. The summed E-state index contributed by atoms with van der Waals surface area (Å²) in [6, 6.07) is 7.77. The molecule has 1 aliphatic rings. The van der Waals surface area contributed by atoms with Gasteiger partial charge in [0.25, 0.3) is 5.91 Å². The summed E-state index contributed by atoms with van der Waals surface area (Å²) in [7, 11) is 3.87. The third kappa shape index (κ3) is 4.15. The quantitative estimate of drug-likeness (QED) is 0.607. The van der Waals surface area contributed by atoms with Crippen molar-refractivity contribution >= 4 is 35.0 Å². The molecule has 0 saturated carbocycles. The van der Waals surface area contributed by atoms with Crippen molar-refractivity contribution in [2.24, 2.45) is 0 Å². The maximum atomic E-state index is 12.8. The first kappa shape index (κ1) is 20.7. The predicted octanol–water partition coefficient (Wildman–Crippen LogP) is 4.04. The van der Waals surface area contributed by atoms with Crippen molar-refractivity contribution in [2.75, 3.05) is 32.1 Å². The van der Waals surface area contributed by atoms with Gasteiger partial charge >= 0.3 is 0 Å². The summed E-state index contributed by atoms with van der Waals surface area (Å²) in [6.45, 7) is 3.18. The molecule has 0 radical (unpaired) electrons. The highest BCUT2D eigenvalue weighted by Gasteiger charge is 2.29. The minimum Gasteiger partial charge on any atom is -0.347 e. The molecule has 1 aromatic carbocycles. The van der Waals surface area contributed by atoms with E-state index < -0.39 is 0 Å². The largest absolute Gasteiger partial charge is 0.347 e. The number of nitrogens with zero attached hydrogens (tertiary/aromatic N) is 6. The van der Waals surface area contributed by atoms with Crippen LogP contribution in [0, 0.1) is 6.92 Å². The van der Waals surface area contributed by atoms with Crippen LogP contribution in [0.25, 0.3) is 11.1 Å². The van der Waals surface area contributed by atoms with Crippen molar-refractivity contribution < 1.29 is 4.79 Å². The molecule has 3 heterocycles. The molecular weight excluding hydrogens is 420 g/mol. The van der Waals surface area contributed by atoms with Crippen molar-refractivity contribution in [3.05, 3.63) is 51.7 Å². The fourth-order valence-corrected chi connectivity index (χ4v) is 4.53. The lowest BCUT2D eigenvalue weighted by atomic mass is 9.89. The molecule has 30 heavy (non-hydrogen) atoms. The first-order valence-electron chi connectivity index (χ1n) is 9.82. The zero-order valence-electron chi connectivity index (χ0n) is 17.2. The molecule has 1 saturated heterocycles. The summed E-state index contributed by atoms with van der Waals surface area (Å²) in [5.74, 6) is 0.943. The van der Waals surface area contributed by atoms with Gasteiger partial charge in [-0.05, 0) is 49.0 Å². The van der Waals surface area contributed by atoms with Gasteiger partial charge in [0.2, 0.25) is 5.95 Å². The molecule has 2 aromatic heterocycles. The second kappa shape index (κ2) is 8.65. The number of hydrogen-bond acceptors (Lipinski definition) is 7. The Morgan fingerprint density at radius 2 is 2.03 bits per heavy atom. The van der Waals surface area contributed by atoms with Gasteiger partial charge in [0.1, 0.15) is 4.88 Å². The molecule has 1 fully saturated rings. The van der Waals surface area contributed by atoms with Gasteiger partial charge in [0.05, 0.1) is 11.4 Å². The maximum absolute atomic E-state index is 12.8. The maximum Gasteiger partial charge on any atom is 0.267 e. The van der Waals surface area contributed by atoms with Crippen molar-refractivity contribution in [1.82, 2.24) is 24.5 Å². The van der Waals surface area contributed by atoms with E-state index in [-0.39, 0.29) is 11.8 Å². The van der Waals surface area contributed by atoms with Crippen LogP contribution in [-0.4, -0.2) is 57.5 Å². The summed E-state index contributed by atoms with van der Waals surface area (Å²) >= 11 is 7.39. The van der Waals surface area contributed by atoms with Gasteiger partial charge in [-0.3, -0.25) is 4.79 Å². The van der Waals surface area contributed by atoms with E-state index in [2.05, 4.69) is 14.6 Å². The highest BCUT2D eigenvalue weighted by Crippen LogP contribution is 2.35. The van der Waals surface area contributed by atoms with E-state index in [1.54, 1.807) is 0 Å². The zero-order chi connectivity index (χ0) is 21.3. The van der Waals surface area contributed by atoms with Crippen molar-refractivity contribution in [1.29, 1.82) is 0 Å². The minimum atomic E-state index is 0.0210. The first-order chi connectivity index (χ1) is 14.4. The molecular formula is C21H23ClN6OS. The number of hydrogen-bond donors (Lipinski definition) is 0. The number of rotatable bonds is 4. The van der Waals surface area contributed by atoms with E-state index >= 15 is 0 Å². The van der Waals surface area contributed by atoms with Crippen LogP contribution in [0.3, 0.4) is 0 Å². The molecule has 9 heteroatoms. The van der Waals surface area contributed by atoms with Crippen LogP contribution in [-0.2, 0) is 0 Å². The number of halogens is 1. The van der Waals surface area contributed by atoms with Crippen LogP contribution in [0.4, 0.5) is 5.95 Å². The average molecular weight is 443 g/mol. The molecule has 1 aliphatic heterocycles. The van der Waals surface area contributed by atoms with Gasteiger partial charge in [0.15, 0.2) is 0 Å². The van der Waals surface area contributed by atoms with E-state index in [1.807, 2.05) is 61.3 Å². The Hall–Kier alpha value is -2.58. The number of amides is 1. The molecule has 0 aliphatic carbocycles. The van der Waals surface area contributed by atoms with Gasteiger partial charge < -0.3 is 9.80 Å². The number of anilines is 1. The normalized spacial score (nSPS) is 14.7. The average Bonchev–Trinajstić information content (AvgIpc) is 3.18. The van der Waals surface area contributed by atoms with Crippen LogP contribution >= 0.6 is 23.1 Å². The third-order valence-electron chi connectivity index (χ3n) is 5.36. The molecule has 4 rings (SSSR count). The standard InChI is InChI=1S/C21H23ClN6OS/c1-13-19(30-26-25-13)20(29)28-9-7-14(8-10-28)18-17(12-23-21(24-18)27(2)3)15-5-4-6-16(22)11-15/h4-6,11-12,14H,7-10H2,1-3H3. The van der Waals surface area contributed by atoms with Gasteiger partial charge in [0, 0.05) is 49.9 Å². The summed E-state index contributed by atoms with van der Waals surface area (Å²) in [5.41, 5.74) is 3.71. The van der Waals surface area contributed by atoms with E-state index in [1.165, 1.54) is 0 Å². The molecule has 0 N–H and O–H groups in total. The molecule has 3 aromatic rings. The van der Waals surface area contributed by atoms with Gasteiger partial charge in [-0.15, -0.1) is 5.10 Å². The number of carbonyl (C=O) groups excluding carboxylic acids is 1. The van der Waals surface area contributed by atoms with Crippen LogP contribution in [0.2, 0.25) is 5.02 Å². The summed E-state index contributed by atoms with van der Waals surface area (Å²) in [5, 5.41) is 4.65. The fourth-order valence-electron chi connectivity index (χ4n) is 3.72. The number of benzene rings is 1. The molecule has 7 nitrogen and oxygen atoms in total. The molecule has 0 spiro atoms. The first-order valence-corrected chi connectivity index (χ1v) is 11.0. The number of aromatic nitrogens is 4. The number of aryl methyl sites for hydroxylation is 1. The molecule has 1 amide bonds. The van der Waals surface area contributed by atoms with Crippen LogP contribution in [0.15, 0.2) is 30.5 Å². The Kier molecular flexibility index (Phi) is 5.97. The van der Waals surface area contributed by atoms with E-state index in [0.717, 1.165) is 41.2 Å². The third-order valence-corrected chi connectivity index (χ3v) is 6.41. The smallest absolute Gasteiger partial charge is 0.267 e. The molecule has 0 bridgehead atoms. The van der Waals surface area contributed by atoms with Crippen molar-refractivity contribution in [3.63, 3.8) is 0 Å². The van der Waals surface area contributed by atoms with Crippen molar-refractivity contribution in [3.8, 4) is 11.1 Å². The summed E-state index contributed by atoms with van der Waals surface area (Å²) in [4.78, 5) is 26.6. The SMILES string of the molecule is Cc1nnsc1C(=O)N1CCC(c2nc(N(C)C)ncc2-c2cccc(Cl)c2)CC1. The monoisotopic (exact) mass is 442 g/mol.